The fourth-order valence-corrected chi connectivity index (χ4v) is 3.19. The number of amides is 1. The van der Waals surface area contributed by atoms with Gasteiger partial charge in [0.15, 0.2) is 0 Å². The Morgan fingerprint density at radius 3 is 2.69 bits per heavy atom. The molecule has 0 aliphatic carbocycles. The zero-order valence-corrected chi connectivity index (χ0v) is 14.9. The molecular weight excluding hydrogens is 352 g/mol. The molecule has 0 fully saturated rings. The first-order valence-electron chi connectivity index (χ1n) is 7.97. The van der Waals surface area contributed by atoms with Gasteiger partial charge in [-0.25, -0.2) is 4.98 Å². The van der Waals surface area contributed by atoms with Crippen LogP contribution in [-0.4, -0.2) is 39.3 Å². The van der Waals surface area contributed by atoms with Crippen molar-refractivity contribution in [2.75, 3.05) is 14.1 Å². The van der Waals surface area contributed by atoms with E-state index in [1.54, 1.807) is 42.8 Å². The summed E-state index contributed by atoms with van der Waals surface area (Å²) >= 11 is 6.10. The van der Waals surface area contributed by atoms with E-state index in [0.29, 0.717) is 27.4 Å². The van der Waals surface area contributed by atoms with Crippen LogP contribution in [0.25, 0.3) is 27.9 Å². The molecule has 4 rings (SSSR count). The summed E-state index contributed by atoms with van der Waals surface area (Å²) in [5.74, 6) is 0.485. The standard InChI is InChI=1S/C19H15ClN4O2/c1-23(2)19(26)12-6-7-15-14(9-12)22-18(25)16-10-21-17(24(15)16)11-4-3-5-13(20)8-11/h3-10H,1-2H3,(H,22,25). The summed E-state index contributed by atoms with van der Waals surface area (Å²) in [5, 5.41) is 0.590. The third kappa shape index (κ3) is 2.55. The molecule has 2 aromatic carbocycles. The molecule has 1 amide bonds. The number of benzene rings is 2. The Labute approximate surface area is 153 Å². The van der Waals surface area contributed by atoms with Crippen LogP contribution in [0.1, 0.15) is 10.4 Å². The molecule has 0 aliphatic rings. The van der Waals surface area contributed by atoms with Gasteiger partial charge in [0, 0.05) is 30.2 Å². The fraction of sp³-hybridized carbons (Fsp3) is 0.105. The maximum absolute atomic E-state index is 12.5. The van der Waals surface area contributed by atoms with Gasteiger partial charge in [0.25, 0.3) is 11.5 Å². The zero-order chi connectivity index (χ0) is 18.4. The maximum atomic E-state index is 12.5. The largest absolute Gasteiger partial charge is 0.345 e. The van der Waals surface area contributed by atoms with Crippen LogP contribution in [-0.2, 0) is 0 Å². The van der Waals surface area contributed by atoms with Crippen molar-refractivity contribution in [1.82, 2.24) is 19.3 Å². The number of hydrogen-bond acceptors (Lipinski definition) is 3. The van der Waals surface area contributed by atoms with Crippen LogP contribution < -0.4 is 5.56 Å². The highest BCUT2D eigenvalue weighted by Crippen LogP contribution is 2.25. The zero-order valence-electron chi connectivity index (χ0n) is 14.2. The molecule has 0 atom stereocenters. The molecule has 2 heterocycles. The van der Waals surface area contributed by atoms with Crippen molar-refractivity contribution in [3.63, 3.8) is 0 Å². The predicted molar refractivity (Wildman–Crippen MR) is 102 cm³/mol. The normalized spacial score (nSPS) is 11.2. The summed E-state index contributed by atoms with van der Waals surface area (Å²) in [7, 11) is 3.37. The number of rotatable bonds is 2. The van der Waals surface area contributed by atoms with E-state index in [9.17, 15) is 9.59 Å². The van der Waals surface area contributed by atoms with Gasteiger partial charge in [0.1, 0.15) is 11.3 Å². The average molecular weight is 367 g/mol. The third-order valence-electron chi connectivity index (χ3n) is 4.22. The van der Waals surface area contributed by atoms with E-state index in [4.69, 9.17) is 11.6 Å². The van der Waals surface area contributed by atoms with E-state index >= 15 is 0 Å². The summed E-state index contributed by atoms with van der Waals surface area (Å²) in [6.45, 7) is 0. The van der Waals surface area contributed by atoms with Gasteiger partial charge in [-0.1, -0.05) is 23.7 Å². The highest BCUT2D eigenvalue weighted by molar-refractivity contribution is 6.30. The molecule has 26 heavy (non-hydrogen) atoms. The van der Waals surface area contributed by atoms with Crippen molar-refractivity contribution in [3.8, 4) is 11.4 Å². The van der Waals surface area contributed by atoms with Crippen molar-refractivity contribution < 1.29 is 4.79 Å². The molecule has 0 aliphatic heterocycles. The van der Waals surface area contributed by atoms with Gasteiger partial charge in [-0.2, -0.15) is 0 Å². The van der Waals surface area contributed by atoms with Crippen molar-refractivity contribution in [2.24, 2.45) is 0 Å². The number of nitrogens with one attached hydrogen (secondary N) is 1. The van der Waals surface area contributed by atoms with E-state index in [1.807, 2.05) is 18.2 Å². The Morgan fingerprint density at radius 2 is 1.96 bits per heavy atom. The molecule has 7 heteroatoms. The van der Waals surface area contributed by atoms with Gasteiger partial charge in [0.05, 0.1) is 17.2 Å². The number of aromatic amines is 1. The lowest BCUT2D eigenvalue weighted by Gasteiger charge is -2.12. The second-order valence-electron chi connectivity index (χ2n) is 6.20. The predicted octanol–water partition coefficient (Wildman–Crippen LogP) is 3.20. The van der Waals surface area contributed by atoms with Crippen LogP contribution in [0.15, 0.2) is 53.5 Å². The minimum Gasteiger partial charge on any atom is -0.345 e. The van der Waals surface area contributed by atoms with Gasteiger partial charge in [0.2, 0.25) is 0 Å². The Kier molecular flexibility index (Phi) is 3.77. The monoisotopic (exact) mass is 366 g/mol. The van der Waals surface area contributed by atoms with Crippen LogP contribution in [0.4, 0.5) is 0 Å². The first-order chi connectivity index (χ1) is 12.5. The molecule has 1 N–H and O–H groups in total. The molecule has 0 radical (unpaired) electrons. The van der Waals surface area contributed by atoms with Crippen LogP contribution in [0.2, 0.25) is 5.02 Å². The number of halogens is 1. The molecule has 0 saturated carbocycles. The molecular formula is C19H15ClN4O2. The Hall–Kier alpha value is -3.12. The maximum Gasteiger partial charge on any atom is 0.274 e. The van der Waals surface area contributed by atoms with E-state index < -0.39 is 0 Å². The number of hydrogen-bond donors (Lipinski definition) is 1. The van der Waals surface area contributed by atoms with E-state index in [0.717, 1.165) is 11.1 Å². The molecule has 0 saturated heterocycles. The smallest absolute Gasteiger partial charge is 0.274 e. The SMILES string of the molecule is CN(C)C(=O)c1ccc2c(c1)[nH]c(=O)c1cnc(-c3cccc(Cl)c3)n12. The Morgan fingerprint density at radius 1 is 1.15 bits per heavy atom. The molecule has 2 aromatic heterocycles. The van der Waals surface area contributed by atoms with Crippen molar-refractivity contribution >= 4 is 34.1 Å². The minimum atomic E-state index is -0.271. The number of aromatic nitrogens is 3. The topological polar surface area (TPSA) is 70.5 Å². The Balaban J connectivity index is 2.04. The summed E-state index contributed by atoms with van der Waals surface area (Å²) in [4.78, 5) is 33.4. The molecule has 130 valence electrons. The third-order valence-corrected chi connectivity index (χ3v) is 4.45. The minimum absolute atomic E-state index is 0.131. The van der Waals surface area contributed by atoms with Gasteiger partial charge >= 0.3 is 0 Å². The molecule has 0 unspecified atom stereocenters. The van der Waals surface area contributed by atoms with Crippen LogP contribution in [0, 0.1) is 0 Å². The lowest BCUT2D eigenvalue weighted by atomic mass is 10.1. The fourth-order valence-electron chi connectivity index (χ4n) is 3.00. The van der Waals surface area contributed by atoms with Crippen molar-refractivity contribution in [1.29, 1.82) is 0 Å². The molecule has 0 bridgehead atoms. The van der Waals surface area contributed by atoms with Gasteiger partial charge in [-0.15, -0.1) is 0 Å². The van der Waals surface area contributed by atoms with E-state index in [1.165, 1.54) is 11.1 Å². The van der Waals surface area contributed by atoms with E-state index in [-0.39, 0.29) is 11.5 Å². The Bertz CT molecular complexity index is 1220. The molecule has 0 spiro atoms. The van der Waals surface area contributed by atoms with Gasteiger partial charge in [-0.05, 0) is 30.3 Å². The first-order valence-corrected chi connectivity index (χ1v) is 8.34. The van der Waals surface area contributed by atoms with Crippen molar-refractivity contribution in [3.05, 3.63) is 69.6 Å². The summed E-state index contributed by atoms with van der Waals surface area (Å²) in [5.41, 5.74) is 2.78. The van der Waals surface area contributed by atoms with Crippen LogP contribution >= 0.6 is 11.6 Å². The lowest BCUT2D eigenvalue weighted by Crippen LogP contribution is -2.21. The summed E-state index contributed by atoms with van der Waals surface area (Å²) < 4.78 is 1.78. The second-order valence-corrected chi connectivity index (χ2v) is 6.63. The van der Waals surface area contributed by atoms with Crippen LogP contribution in [0.5, 0.6) is 0 Å². The highest BCUT2D eigenvalue weighted by atomic mass is 35.5. The second kappa shape index (κ2) is 6.00. The molecule has 4 aromatic rings. The quantitative estimate of drug-likeness (QED) is 0.592. The number of nitrogens with zero attached hydrogens (tertiary/aromatic N) is 3. The summed E-state index contributed by atoms with van der Waals surface area (Å²) in [6.07, 6.45) is 1.54. The van der Waals surface area contributed by atoms with Crippen molar-refractivity contribution in [2.45, 2.75) is 0 Å². The summed E-state index contributed by atoms with van der Waals surface area (Å²) in [6, 6.07) is 12.5. The molecule has 6 nitrogen and oxygen atoms in total. The average Bonchev–Trinajstić information content (AvgIpc) is 3.06. The van der Waals surface area contributed by atoms with Gasteiger partial charge < -0.3 is 9.88 Å². The highest BCUT2D eigenvalue weighted by Gasteiger charge is 2.15. The first kappa shape index (κ1) is 16.4. The number of fused-ring (bicyclic) bond motifs is 3. The number of carbonyl (C=O) groups is 1. The lowest BCUT2D eigenvalue weighted by molar-refractivity contribution is 0.0827. The number of imidazole rings is 1. The number of H-pyrrole nitrogens is 1. The van der Waals surface area contributed by atoms with E-state index in [2.05, 4.69) is 9.97 Å². The van der Waals surface area contributed by atoms with Gasteiger partial charge in [-0.3, -0.25) is 14.0 Å². The van der Waals surface area contributed by atoms with Crippen LogP contribution in [0.3, 0.4) is 0 Å². The number of carbonyl (C=O) groups excluding carboxylic acids is 1.